The monoisotopic (exact) mass is 255 g/mol. The van der Waals surface area contributed by atoms with Crippen molar-refractivity contribution in [1.29, 1.82) is 0 Å². The number of benzene rings is 1. The molecule has 3 aromatic rings. The predicted molar refractivity (Wildman–Crippen MR) is 71.0 cm³/mol. The van der Waals surface area contributed by atoms with E-state index in [-0.39, 0.29) is 13.2 Å². The van der Waals surface area contributed by atoms with Crippen LogP contribution in [0.25, 0.3) is 17.0 Å². The van der Waals surface area contributed by atoms with Crippen LogP contribution in [-0.4, -0.2) is 32.9 Å². The summed E-state index contributed by atoms with van der Waals surface area (Å²) in [6.07, 6.45) is 1.91. The molecule has 0 fully saturated rings. The number of para-hydroxylation sites is 1. The van der Waals surface area contributed by atoms with Crippen LogP contribution in [0.1, 0.15) is 0 Å². The molecule has 0 radical (unpaired) electrons. The highest BCUT2D eigenvalue weighted by Crippen LogP contribution is 2.28. The topological polar surface area (TPSA) is 59.7 Å². The Morgan fingerprint density at radius 3 is 2.79 bits per heavy atom. The maximum Gasteiger partial charge on any atom is 0.172 e. The number of fused-ring (bicyclic) bond motifs is 1. The highest BCUT2D eigenvalue weighted by atomic mass is 16.5. The zero-order valence-electron chi connectivity index (χ0n) is 10.2. The van der Waals surface area contributed by atoms with E-state index in [1.807, 2.05) is 53.1 Å². The number of aliphatic hydroxyl groups excluding tert-OH is 1. The van der Waals surface area contributed by atoms with Crippen LogP contribution in [-0.2, 0) is 0 Å². The fourth-order valence-electron chi connectivity index (χ4n) is 1.96. The summed E-state index contributed by atoms with van der Waals surface area (Å²) in [6, 6.07) is 13.3. The van der Waals surface area contributed by atoms with Gasteiger partial charge in [0.05, 0.1) is 12.2 Å². The third-order valence-corrected chi connectivity index (χ3v) is 2.79. The summed E-state index contributed by atoms with van der Waals surface area (Å²) in [5, 5.41) is 17.2. The Labute approximate surface area is 110 Å². The quantitative estimate of drug-likeness (QED) is 0.771. The van der Waals surface area contributed by atoms with Crippen molar-refractivity contribution >= 4 is 5.65 Å². The molecule has 0 spiro atoms. The molecular formula is C14H13N3O2. The summed E-state index contributed by atoms with van der Waals surface area (Å²) in [5.41, 5.74) is 1.64. The van der Waals surface area contributed by atoms with Crippen LogP contribution in [0, 0.1) is 0 Å². The van der Waals surface area contributed by atoms with Gasteiger partial charge in [0, 0.05) is 6.20 Å². The molecule has 96 valence electrons. The normalized spacial score (nSPS) is 10.8. The number of aliphatic hydroxyl groups is 1. The highest BCUT2D eigenvalue weighted by Gasteiger charge is 2.12. The molecule has 0 bridgehead atoms. The molecule has 0 saturated heterocycles. The Morgan fingerprint density at radius 2 is 1.89 bits per heavy atom. The van der Waals surface area contributed by atoms with Gasteiger partial charge in [-0.2, -0.15) is 0 Å². The molecule has 0 unspecified atom stereocenters. The number of hydrogen-bond donors (Lipinski definition) is 1. The van der Waals surface area contributed by atoms with Crippen molar-refractivity contribution < 1.29 is 9.84 Å². The second-order valence-electron chi connectivity index (χ2n) is 4.02. The van der Waals surface area contributed by atoms with Crippen LogP contribution in [0.3, 0.4) is 0 Å². The van der Waals surface area contributed by atoms with Gasteiger partial charge in [-0.1, -0.05) is 18.2 Å². The van der Waals surface area contributed by atoms with E-state index in [4.69, 9.17) is 9.84 Å². The van der Waals surface area contributed by atoms with Gasteiger partial charge in [0.1, 0.15) is 12.4 Å². The largest absolute Gasteiger partial charge is 0.490 e. The second-order valence-corrected chi connectivity index (χ2v) is 4.02. The maximum absolute atomic E-state index is 8.86. The smallest absolute Gasteiger partial charge is 0.172 e. The molecule has 0 aliphatic heterocycles. The van der Waals surface area contributed by atoms with Gasteiger partial charge in [-0.15, -0.1) is 10.2 Å². The summed E-state index contributed by atoms with van der Waals surface area (Å²) in [7, 11) is 0. The van der Waals surface area contributed by atoms with Crippen molar-refractivity contribution in [3.8, 4) is 17.1 Å². The fraction of sp³-hybridized carbons (Fsp3) is 0.143. The molecular weight excluding hydrogens is 242 g/mol. The molecule has 0 atom stereocenters. The first-order valence-electron chi connectivity index (χ1n) is 6.03. The SMILES string of the molecule is OCCOc1ccccc1-c1nnc2ccccn12. The highest BCUT2D eigenvalue weighted by molar-refractivity contribution is 5.66. The first kappa shape index (κ1) is 11.7. The molecule has 3 rings (SSSR count). The molecule has 2 heterocycles. The van der Waals surface area contributed by atoms with Gasteiger partial charge in [0.2, 0.25) is 0 Å². The average molecular weight is 255 g/mol. The number of aromatic nitrogens is 3. The fourth-order valence-corrected chi connectivity index (χ4v) is 1.96. The lowest BCUT2D eigenvalue weighted by atomic mass is 10.2. The van der Waals surface area contributed by atoms with Gasteiger partial charge in [-0.25, -0.2) is 0 Å². The molecule has 1 N–H and O–H groups in total. The van der Waals surface area contributed by atoms with Crippen LogP contribution < -0.4 is 4.74 Å². The van der Waals surface area contributed by atoms with E-state index >= 15 is 0 Å². The van der Waals surface area contributed by atoms with Crippen LogP contribution in [0.2, 0.25) is 0 Å². The van der Waals surface area contributed by atoms with Crippen LogP contribution >= 0.6 is 0 Å². The lowest BCUT2D eigenvalue weighted by molar-refractivity contribution is 0.202. The number of rotatable bonds is 4. The predicted octanol–water partition coefficient (Wildman–Crippen LogP) is 1.77. The van der Waals surface area contributed by atoms with E-state index in [9.17, 15) is 0 Å². The van der Waals surface area contributed by atoms with Gasteiger partial charge >= 0.3 is 0 Å². The zero-order chi connectivity index (χ0) is 13.1. The Hall–Kier alpha value is -2.40. The molecule has 5 heteroatoms. The van der Waals surface area contributed by atoms with Crippen molar-refractivity contribution in [2.24, 2.45) is 0 Å². The summed E-state index contributed by atoms with van der Waals surface area (Å²) < 4.78 is 7.43. The van der Waals surface area contributed by atoms with Crippen LogP contribution in [0.5, 0.6) is 5.75 Å². The Bertz CT molecular complexity index is 694. The number of nitrogens with zero attached hydrogens (tertiary/aromatic N) is 3. The molecule has 0 saturated carbocycles. The lowest BCUT2D eigenvalue weighted by Crippen LogP contribution is -2.03. The summed E-state index contributed by atoms with van der Waals surface area (Å²) in [5.74, 6) is 1.42. The van der Waals surface area contributed by atoms with E-state index < -0.39 is 0 Å². The minimum atomic E-state index is -0.0189. The van der Waals surface area contributed by atoms with Crippen LogP contribution in [0.15, 0.2) is 48.7 Å². The third-order valence-electron chi connectivity index (χ3n) is 2.79. The summed E-state index contributed by atoms with van der Waals surface area (Å²) >= 11 is 0. The van der Waals surface area contributed by atoms with Crippen molar-refractivity contribution in [1.82, 2.24) is 14.6 Å². The van der Waals surface area contributed by atoms with Crippen molar-refractivity contribution in [2.45, 2.75) is 0 Å². The van der Waals surface area contributed by atoms with Crippen molar-refractivity contribution in [3.63, 3.8) is 0 Å². The van der Waals surface area contributed by atoms with Gasteiger partial charge in [0.15, 0.2) is 11.5 Å². The number of ether oxygens (including phenoxy) is 1. The first-order chi connectivity index (χ1) is 9.40. The van der Waals surface area contributed by atoms with Crippen molar-refractivity contribution in [3.05, 3.63) is 48.7 Å². The van der Waals surface area contributed by atoms with E-state index in [1.54, 1.807) is 0 Å². The molecule has 0 amide bonds. The Balaban J connectivity index is 2.11. The first-order valence-corrected chi connectivity index (χ1v) is 6.03. The average Bonchev–Trinajstić information content (AvgIpc) is 2.89. The summed E-state index contributed by atoms with van der Waals surface area (Å²) in [4.78, 5) is 0. The standard InChI is InChI=1S/C14H13N3O2/c18-9-10-19-12-6-2-1-5-11(12)14-16-15-13-7-3-4-8-17(13)14/h1-8,18H,9-10H2. The number of hydrogen-bond acceptors (Lipinski definition) is 4. The third kappa shape index (κ3) is 2.15. The molecule has 19 heavy (non-hydrogen) atoms. The van der Waals surface area contributed by atoms with Gasteiger partial charge < -0.3 is 9.84 Å². The molecule has 5 nitrogen and oxygen atoms in total. The molecule has 2 aromatic heterocycles. The second kappa shape index (κ2) is 5.07. The Kier molecular flexibility index (Phi) is 3.12. The molecule has 0 aliphatic carbocycles. The Morgan fingerprint density at radius 1 is 1.05 bits per heavy atom. The van der Waals surface area contributed by atoms with E-state index in [0.717, 1.165) is 17.0 Å². The number of pyridine rings is 1. The van der Waals surface area contributed by atoms with Gasteiger partial charge in [0.25, 0.3) is 0 Å². The summed E-state index contributed by atoms with van der Waals surface area (Å²) in [6.45, 7) is 0.239. The minimum Gasteiger partial charge on any atom is -0.490 e. The molecule has 0 aliphatic rings. The lowest BCUT2D eigenvalue weighted by Gasteiger charge is -2.09. The van der Waals surface area contributed by atoms with Crippen LogP contribution in [0.4, 0.5) is 0 Å². The molecule has 1 aromatic carbocycles. The van der Waals surface area contributed by atoms with E-state index in [0.29, 0.717) is 5.75 Å². The van der Waals surface area contributed by atoms with Gasteiger partial charge in [-0.05, 0) is 24.3 Å². The zero-order valence-corrected chi connectivity index (χ0v) is 10.2. The van der Waals surface area contributed by atoms with E-state index in [2.05, 4.69) is 10.2 Å². The van der Waals surface area contributed by atoms with Crippen molar-refractivity contribution in [2.75, 3.05) is 13.2 Å². The maximum atomic E-state index is 8.86. The van der Waals surface area contributed by atoms with Gasteiger partial charge in [-0.3, -0.25) is 4.40 Å². The minimum absolute atomic E-state index is 0.0189. The van der Waals surface area contributed by atoms with E-state index in [1.165, 1.54) is 0 Å².